The van der Waals surface area contributed by atoms with Crippen LogP contribution in [0.1, 0.15) is 49.3 Å². The molecule has 3 aromatic carbocycles. The lowest BCUT2D eigenvalue weighted by Gasteiger charge is -2.30. The molecule has 0 spiro atoms. The molecule has 34 heavy (non-hydrogen) atoms. The van der Waals surface area contributed by atoms with Gasteiger partial charge < -0.3 is 15.0 Å². The normalized spacial score (nSPS) is 11.6. The van der Waals surface area contributed by atoms with Crippen molar-refractivity contribution in [3.8, 4) is 5.75 Å². The van der Waals surface area contributed by atoms with Crippen molar-refractivity contribution in [2.45, 2.75) is 45.2 Å². The number of carbonyl (C=O) groups excluding carboxylic acids is 2. The number of rotatable bonds is 11. The van der Waals surface area contributed by atoms with Crippen LogP contribution in [0.2, 0.25) is 0 Å². The summed E-state index contributed by atoms with van der Waals surface area (Å²) in [6.07, 6.45) is 1.12. The number of nitrogens with zero attached hydrogens (tertiary/aromatic N) is 1. The van der Waals surface area contributed by atoms with E-state index in [1.165, 1.54) is 0 Å². The van der Waals surface area contributed by atoms with Gasteiger partial charge in [0.15, 0.2) is 0 Å². The minimum Gasteiger partial charge on any atom is -0.497 e. The molecule has 2 amide bonds. The van der Waals surface area contributed by atoms with Crippen molar-refractivity contribution in [2.75, 3.05) is 13.7 Å². The number of amides is 2. The minimum absolute atomic E-state index is 0.0623. The quantitative estimate of drug-likeness (QED) is 0.432. The van der Waals surface area contributed by atoms with Crippen molar-refractivity contribution in [1.82, 2.24) is 10.2 Å². The molecule has 3 rings (SSSR count). The summed E-state index contributed by atoms with van der Waals surface area (Å²) in [6.45, 7) is 4.74. The van der Waals surface area contributed by atoms with E-state index >= 15 is 0 Å². The average molecular weight is 459 g/mol. The second-order valence-electron chi connectivity index (χ2n) is 8.41. The van der Waals surface area contributed by atoms with Crippen LogP contribution in [-0.2, 0) is 16.1 Å². The highest BCUT2D eigenvalue weighted by atomic mass is 16.5. The predicted molar refractivity (Wildman–Crippen MR) is 136 cm³/mol. The van der Waals surface area contributed by atoms with Gasteiger partial charge in [0, 0.05) is 25.4 Å². The lowest BCUT2D eigenvalue weighted by molar-refractivity contribution is -0.140. The first-order valence-electron chi connectivity index (χ1n) is 11.8. The van der Waals surface area contributed by atoms with Gasteiger partial charge in [-0.2, -0.15) is 0 Å². The fourth-order valence-corrected chi connectivity index (χ4v) is 4.00. The first-order chi connectivity index (χ1) is 16.5. The molecule has 0 radical (unpaired) electrons. The van der Waals surface area contributed by atoms with Gasteiger partial charge in [-0.3, -0.25) is 9.59 Å². The van der Waals surface area contributed by atoms with E-state index in [2.05, 4.69) is 29.6 Å². The molecule has 5 nitrogen and oxygen atoms in total. The first kappa shape index (κ1) is 25.0. The van der Waals surface area contributed by atoms with Gasteiger partial charge in [0.1, 0.15) is 11.8 Å². The largest absolute Gasteiger partial charge is 0.497 e. The topological polar surface area (TPSA) is 58.6 Å². The van der Waals surface area contributed by atoms with Crippen molar-refractivity contribution < 1.29 is 14.3 Å². The first-order valence-corrected chi connectivity index (χ1v) is 11.8. The highest BCUT2D eigenvalue weighted by Gasteiger charge is 2.28. The Kier molecular flexibility index (Phi) is 9.27. The Morgan fingerprint density at radius 2 is 1.44 bits per heavy atom. The maximum atomic E-state index is 13.8. The van der Waals surface area contributed by atoms with Gasteiger partial charge in [0.2, 0.25) is 11.8 Å². The fourth-order valence-electron chi connectivity index (χ4n) is 4.00. The molecule has 0 saturated carbocycles. The van der Waals surface area contributed by atoms with Gasteiger partial charge in [-0.15, -0.1) is 0 Å². The molecule has 0 bridgehead atoms. The highest BCUT2D eigenvalue weighted by Crippen LogP contribution is 2.29. The van der Waals surface area contributed by atoms with Gasteiger partial charge in [-0.25, -0.2) is 0 Å². The molecule has 1 atom stereocenters. The Balaban J connectivity index is 1.89. The van der Waals surface area contributed by atoms with E-state index in [4.69, 9.17) is 4.74 Å². The summed E-state index contributed by atoms with van der Waals surface area (Å²) in [5.74, 6) is 0.454. The molecule has 0 aromatic heterocycles. The van der Waals surface area contributed by atoms with E-state index in [9.17, 15) is 9.59 Å². The Bertz CT molecular complexity index is 996. The molecule has 1 unspecified atom stereocenters. The van der Waals surface area contributed by atoms with Crippen molar-refractivity contribution in [3.63, 3.8) is 0 Å². The standard InChI is InChI=1S/C29H34N2O3/c1-4-19-30-29(33)22(2)31(21-23-15-17-26(34-3)18-16-23)28(32)20-27(24-11-7-5-8-12-24)25-13-9-6-10-14-25/h5-18,22,27H,4,19-21H2,1-3H3,(H,30,33). The molecule has 178 valence electrons. The Hall–Kier alpha value is -3.60. The Morgan fingerprint density at radius 1 is 0.882 bits per heavy atom. The van der Waals surface area contributed by atoms with Gasteiger partial charge in [-0.05, 0) is 42.2 Å². The third kappa shape index (κ3) is 6.70. The summed E-state index contributed by atoms with van der Waals surface area (Å²) in [7, 11) is 1.62. The molecular formula is C29H34N2O3. The number of ether oxygens (including phenoxy) is 1. The molecule has 0 saturated heterocycles. The molecule has 1 N–H and O–H groups in total. The lowest BCUT2D eigenvalue weighted by atomic mass is 9.88. The number of methoxy groups -OCH3 is 1. The highest BCUT2D eigenvalue weighted by molar-refractivity contribution is 5.87. The van der Waals surface area contributed by atoms with Crippen molar-refractivity contribution in [2.24, 2.45) is 0 Å². The van der Waals surface area contributed by atoms with Crippen molar-refractivity contribution in [3.05, 3.63) is 102 Å². The number of benzene rings is 3. The lowest BCUT2D eigenvalue weighted by Crippen LogP contribution is -2.48. The fraction of sp³-hybridized carbons (Fsp3) is 0.310. The predicted octanol–water partition coefficient (Wildman–Crippen LogP) is 5.16. The molecule has 0 aliphatic heterocycles. The smallest absolute Gasteiger partial charge is 0.242 e. The zero-order valence-electron chi connectivity index (χ0n) is 20.2. The minimum atomic E-state index is -0.589. The van der Waals surface area contributed by atoms with Crippen LogP contribution in [0.25, 0.3) is 0 Å². The van der Waals surface area contributed by atoms with Crippen LogP contribution in [0.15, 0.2) is 84.9 Å². The average Bonchev–Trinajstić information content (AvgIpc) is 2.89. The van der Waals surface area contributed by atoms with E-state index in [1.807, 2.05) is 67.6 Å². The van der Waals surface area contributed by atoms with E-state index < -0.39 is 6.04 Å². The number of hydrogen-bond acceptors (Lipinski definition) is 3. The second kappa shape index (κ2) is 12.6. The maximum absolute atomic E-state index is 13.8. The third-order valence-corrected chi connectivity index (χ3v) is 6.01. The van der Waals surface area contributed by atoms with Gasteiger partial charge in [0.25, 0.3) is 0 Å². The summed E-state index contributed by atoms with van der Waals surface area (Å²) in [4.78, 5) is 28.3. The summed E-state index contributed by atoms with van der Waals surface area (Å²) < 4.78 is 5.26. The number of hydrogen-bond donors (Lipinski definition) is 1. The Morgan fingerprint density at radius 3 is 1.94 bits per heavy atom. The molecule has 5 heteroatoms. The summed E-state index contributed by atoms with van der Waals surface area (Å²) in [5.41, 5.74) is 3.10. The number of carbonyl (C=O) groups is 2. The molecular weight excluding hydrogens is 424 g/mol. The second-order valence-corrected chi connectivity index (χ2v) is 8.41. The van der Waals surface area contributed by atoms with Crippen LogP contribution in [0.4, 0.5) is 0 Å². The molecule has 0 heterocycles. The zero-order chi connectivity index (χ0) is 24.3. The number of nitrogens with one attached hydrogen (secondary N) is 1. The van der Waals surface area contributed by atoms with E-state index in [0.717, 1.165) is 28.9 Å². The van der Waals surface area contributed by atoms with Gasteiger partial charge >= 0.3 is 0 Å². The SMILES string of the molecule is CCCNC(=O)C(C)N(Cc1ccc(OC)cc1)C(=O)CC(c1ccccc1)c1ccccc1. The molecule has 0 aliphatic carbocycles. The van der Waals surface area contributed by atoms with E-state index in [0.29, 0.717) is 13.1 Å². The van der Waals surface area contributed by atoms with Crippen LogP contribution < -0.4 is 10.1 Å². The van der Waals surface area contributed by atoms with E-state index in [-0.39, 0.29) is 24.2 Å². The summed E-state index contributed by atoms with van der Waals surface area (Å²) in [6, 6.07) is 27.1. The van der Waals surface area contributed by atoms with Crippen LogP contribution in [0, 0.1) is 0 Å². The molecule has 0 fully saturated rings. The van der Waals surface area contributed by atoms with Crippen molar-refractivity contribution >= 4 is 11.8 Å². The van der Waals surface area contributed by atoms with Gasteiger partial charge in [0.05, 0.1) is 7.11 Å². The third-order valence-electron chi connectivity index (χ3n) is 6.01. The van der Waals surface area contributed by atoms with Gasteiger partial charge in [-0.1, -0.05) is 79.7 Å². The van der Waals surface area contributed by atoms with Crippen LogP contribution in [0.5, 0.6) is 5.75 Å². The molecule has 3 aromatic rings. The maximum Gasteiger partial charge on any atom is 0.242 e. The van der Waals surface area contributed by atoms with Crippen LogP contribution in [-0.4, -0.2) is 36.4 Å². The van der Waals surface area contributed by atoms with Crippen LogP contribution in [0.3, 0.4) is 0 Å². The zero-order valence-corrected chi connectivity index (χ0v) is 20.2. The van der Waals surface area contributed by atoms with Crippen molar-refractivity contribution in [1.29, 1.82) is 0 Å². The summed E-state index contributed by atoms with van der Waals surface area (Å²) >= 11 is 0. The van der Waals surface area contributed by atoms with Crippen LogP contribution >= 0.6 is 0 Å². The Labute approximate surface area is 202 Å². The molecule has 0 aliphatic rings. The monoisotopic (exact) mass is 458 g/mol. The van der Waals surface area contributed by atoms with E-state index in [1.54, 1.807) is 18.9 Å². The summed E-state index contributed by atoms with van der Waals surface area (Å²) in [5, 5.41) is 2.94.